The number of carbonyl (C=O) groups excluding carboxylic acids is 1. The van der Waals surface area contributed by atoms with Crippen LogP contribution in [0.25, 0.3) is 5.69 Å². The minimum atomic E-state index is -3.68. The summed E-state index contributed by atoms with van der Waals surface area (Å²) in [6, 6.07) is 7.44. The van der Waals surface area contributed by atoms with Gasteiger partial charge < -0.3 is 5.32 Å². The first-order valence-corrected chi connectivity index (χ1v) is 9.66. The Morgan fingerprint density at radius 3 is 2.77 bits per heavy atom. The number of anilines is 1. The van der Waals surface area contributed by atoms with Crippen LogP contribution >= 0.6 is 23.2 Å². The number of hydrogen-bond donors (Lipinski definition) is 1. The summed E-state index contributed by atoms with van der Waals surface area (Å²) in [6.07, 6.45) is 1.43. The van der Waals surface area contributed by atoms with Gasteiger partial charge in [0.1, 0.15) is 5.15 Å². The van der Waals surface area contributed by atoms with Gasteiger partial charge in [0, 0.05) is 16.9 Å². The lowest BCUT2D eigenvalue weighted by Crippen LogP contribution is -2.22. The summed E-state index contributed by atoms with van der Waals surface area (Å²) < 4.78 is 26.5. The summed E-state index contributed by atoms with van der Waals surface area (Å²) in [5.41, 5.74) is 0.802. The molecule has 2 aromatic heterocycles. The van der Waals surface area contributed by atoms with Crippen LogP contribution in [-0.4, -0.2) is 34.3 Å². The monoisotopic (exact) mass is 409 g/mol. The predicted molar refractivity (Wildman–Crippen MR) is 94.5 cm³/mol. The number of rotatable bonds is 2. The van der Waals surface area contributed by atoms with Gasteiger partial charge >= 0.3 is 0 Å². The zero-order chi connectivity index (χ0) is 18.5. The van der Waals surface area contributed by atoms with Gasteiger partial charge in [0.25, 0.3) is 5.91 Å². The van der Waals surface area contributed by atoms with Crippen LogP contribution < -0.4 is 5.32 Å². The third-order valence-corrected chi connectivity index (χ3v) is 5.87. The molecule has 0 aliphatic carbocycles. The molecule has 0 radical (unpaired) electrons. The van der Waals surface area contributed by atoms with Crippen LogP contribution in [0.4, 0.5) is 5.69 Å². The molecule has 1 aromatic carbocycles. The number of nitrogens with one attached hydrogen (secondary N) is 1. The lowest BCUT2D eigenvalue weighted by molar-refractivity contribution is 0.102. The Morgan fingerprint density at radius 1 is 1.19 bits per heavy atom. The highest BCUT2D eigenvalue weighted by atomic mass is 35.5. The molecule has 0 spiro atoms. The quantitative estimate of drug-likeness (QED) is 0.651. The van der Waals surface area contributed by atoms with Crippen molar-refractivity contribution in [3.63, 3.8) is 0 Å². The van der Waals surface area contributed by atoms with E-state index in [4.69, 9.17) is 23.2 Å². The van der Waals surface area contributed by atoms with E-state index < -0.39 is 21.5 Å². The molecule has 0 saturated carbocycles. The van der Waals surface area contributed by atoms with Crippen LogP contribution in [0.1, 0.15) is 16.2 Å². The molecule has 8 nitrogen and oxygen atoms in total. The Balaban J connectivity index is 1.77. The Kier molecular flexibility index (Phi) is 3.94. The van der Waals surface area contributed by atoms with Crippen LogP contribution in [0.5, 0.6) is 0 Å². The smallest absolute Gasteiger partial charge is 0.278 e. The second-order valence-electron chi connectivity index (χ2n) is 5.49. The van der Waals surface area contributed by atoms with Gasteiger partial charge in [0.05, 0.1) is 22.0 Å². The highest BCUT2D eigenvalue weighted by Gasteiger charge is 2.34. The molecule has 11 heteroatoms. The molecule has 1 aliphatic rings. The zero-order valence-electron chi connectivity index (χ0n) is 12.8. The third-order valence-electron chi connectivity index (χ3n) is 3.77. The largest absolute Gasteiger partial charge is 0.320 e. The van der Waals surface area contributed by atoms with Gasteiger partial charge in [-0.2, -0.15) is 0 Å². The zero-order valence-corrected chi connectivity index (χ0v) is 15.2. The van der Waals surface area contributed by atoms with E-state index in [0.717, 1.165) is 0 Å². The SMILES string of the molecule is O=C(Nc1ccnc(Cl)c1)c1nnn2c1CS(=O)(=O)c1cc(Cl)ccc1-2. The van der Waals surface area contributed by atoms with Crippen molar-refractivity contribution >= 4 is 44.6 Å². The van der Waals surface area contributed by atoms with Crippen molar-refractivity contribution in [3.8, 4) is 5.69 Å². The van der Waals surface area contributed by atoms with Crippen molar-refractivity contribution in [3.05, 3.63) is 58.1 Å². The highest BCUT2D eigenvalue weighted by Crippen LogP contribution is 2.33. The first kappa shape index (κ1) is 17.0. The second-order valence-corrected chi connectivity index (χ2v) is 8.27. The molecule has 1 aliphatic heterocycles. The summed E-state index contributed by atoms with van der Waals surface area (Å²) in [5, 5.41) is 10.9. The van der Waals surface area contributed by atoms with Gasteiger partial charge in [-0.1, -0.05) is 28.4 Å². The standard InChI is InChI=1S/C15H9Cl2N5O3S/c16-8-1-2-10-12(5-8)26(24,25)7-11-14(20-21-22(10)11)15(23)19-9-3-4-18-13(17)6-9/h1-6H,7H2,(H,18,19,23). The van der Waals surface area contributed by atoms with Crippen LogP contribution in [-0.2, 0) is 15.6 Å². The van der Waals surface area contributed by atoms with E-state index in [2.05, 4.69) is 20.6 Å². The summed E-state index contributed by atoms with van der Waals surface area (Å²) in [5.74, 6) is -1.01. The number of carbonyl (C=O) groups is 1. The van der Waals surface area contributed by atoms with Crippen molar-refractivity contribution in [2.75, 3.05) is 5.32 Å². The molecule has 1 amide bonds. The lowest BCUT2D eigenvalue weighted by Gasteiger charge is -2.18. The summed E-state index contributed by atoms with van der Waals surface area (Å²) in [7, 11) is -3.68. The van der Waals surface area contributed by atoms with Gasteiger partial charge in [-0.3, -0.25) is 4.79 Å². The minimum absolute atomic E-state index is 0.0512. The Morgan fingerprint density at radius 2 is 2.00 bits per heavy atom. The Labute approximate surface area is 157 Å². The number of aromatic nitrogens is 4. The van der Waals surface area contributed by atoms with E-state index in [0.29, 0.717) is 16.4 Å². The number of nitrogens with zero attached hydrogens (tertiary/aromatic N) is 4. The molecule has 0 unspecified atom stereocenters. The Hall–Kier alpha value is -2.49. The second kappa shape index (κ2) is 6.04. The van der Waals surface area contributed by atoms with Crippen LogP contribution in [0, 0.1) is 0 Å². The third kappa shape index (κ3) is 2.83. The van der Waals surface area contributed by atoms with Crippen molar-refractivity contribution in [1.82, 2.24) is 20.0 Å². The minimum Gasteiger partial charge on any atom is -0.320 e. The van der Waals surface area contributed by atoms with Crippen molar-refractivity contribution in [1.29, 1.82) is 0 Å². The van der Waals surface area contributed by atoms with Crippen molar-refractivity contribution in [2.24, 2.45) is 0 Å². The molecular formula is C15H9Cl2N5O3S. The predicted octanol–water partition coefficient (Wildman–Crippen LogP) is 2.51. The van der Waals surface area contributed by atoms with E-state index >= 15 is 0 Å². The van der Waals surface area contributed by atoms with E-state index in [1.165, 1.54) is 29.1 Å². The maximum absolute atomic E-state index is 12.6. The van der Waals surface area contributed by atoms with Crippen LogP contribution in [0.15, 0.2) is 41.4 Å². The van der Waals surface area contributed by atoms with Gasteiger partial charge in [-0.25, -0.2) is 18.1 Å². The summed E-state index contributed by atoms with van der Waals surface area (Å²) >= 11 is 11.7. The molecule has 0 saturated heterocycles. The van der Waals surface area contributed by atoms with Crippen molar-refractivity contribution in [2.45, 2.75) is 10.6 Å². The van der Waals surface area contributed by atoms with Gasteiger partial charge in [-0.15, -0.1) is 5.10 Å². The van der Waals surface area contributed by atoms with Gasteiger partial charge in [-0.05, 0) is 30.3 Å². The highest BCUT2D eigenvalue weighted by molar-refractivity contribution is 7.90. The molecule has 132 valence electrons. The fourth-order valence-corrected chi connectivity index (χ4v) is 4.61. The lowest BCUT2D eigenvalue weighted by atomic mass is 10.2. The summed E-state index contributed by atoms with van der Waals surface area (Å²) in [6.45, 7) is 0. The fourth-order valence-electron chi connectivity index (χ4n) is 2.64. The number of pyridine rings is 1. The molecule has 3 heterocycles. The topological polar surface area (TPSA) is 107 Å². The van der Waals surface area contributed by atoms with Gasteiger partial charge in [0.2, 0.25) is 0 Å². The summed E-state index contributed by atoms with van der Waals surface area (Å²) in [4.78, 5) is 16.4. The first-order chi connectivity index (χ1) is 12.3. The number of hydrogen-bond acceptors (Lipinski definition) is 6. The molecule has 26 heavy (non-hydrogen) atoms. The van der Waals surface area contributed by atoms with Crippen LogP contribution in [0.2, 0.25) is 10.2 Å². The normalized spacial score (nSPS) is 14.4. The number of amides is 1. The fraction of sp³-hybridized carbons (Fsp3) is 0.0667. The average Bonchev–Trinajstić information content (AvgIpc) is 2.98. The van der Waals surface area contributed by atoms with E-state index in [1.54, 1.807) is 12.1 Å². The maximum Gasteiger partial charge on any atom is 0.278 e. The number of benzene rings is 1. The molecule has 0 bridgehead atoms. The average molecular weight is 410 g/mol. The number of sulfone groups is 1. The maximum atomic E-state index is 12.6. The molecule has 4 rings (SSSR count). The van der Waals surface area contributed by atoms with Gasteiger partial charge in [0.15, 0.2) is 15.5 Å². The number of halogens is 2. The molecule has 3 aromatic rings. The Bertz CT molecular complexity index is 1160. The molecule has 0 fully saturated rings. The molecule has 1 N–H and O–H groups in total. The van der Waals surface area contributed by atoms with E-state index in [9.17, 15) is 13.2 Å². The molecular weight excluding hydrogens is 401 g/mol. The van der Waals surface area contributed by atoms with E-state index in [-0.39, 0.29) is 21.4 Å². The van der Waals surface area contributed by atoms with Crippen molar-refractivity contribution < 1.29 is 13.2 Å². The first-order valence-electron chi connectivity index (χ1n) is 7.25. The van der Waals surface area contributed by atoms with Crippen LogP contribution in [0.3, 0.4) is 0 Å². The molecule has 0 atom stereocenters. The number of fused-ring (bicyclic) bond motifs is 3. The van der Waals surface area contributed by atoms with E-state index in [1.807, 2.05) is 0 Å².